The third kappa shape index (κ3) is 3.93. The van der Waals surface area contributed by atoms with E-state index in [0.29, 0.717) is 5.70 Å². The number of nitrogens with one attached hydrogen (secondary N) is 1. The number of carbonyl (C=O) groups is 1. The van der Waals surface area contributed by atoms with Crippen molar-refractivity contribution in [3.8, 4) is 0 Å². The Balaban J connectivity index is 2.33. The van der Waals surface area contributed by atoms with Crippen LogP contribution >= 0.6 is 0 Å². The number of hydrogen-bond acceptors (Lipinski definition) is 1. The monoisotopic (exact) mass is 277 g/mol. The second-order valence-electron chi connectivity index (χ2n) is 4.77. The lowest BCUT2D eigenvalue weighted by atomic mass is 9.90. The highest BCUT2D eigenvalue weighted by Crippen LogP contribution is 2.24. The summed E-state index contributed by atoms with van der Waals surface area (Å²) in [7, 11) is 0. The molecule has 1 N–H and O–H groups in total. The lowest BCUT2D eigenvalue weighted by Gasteiger charge is -2.18. The van der Waals surface area contributed by atoms with Gasteiger partial charge in [0.15, 0.2) is 0 Å². The number of rotatable bonds is 5. The first-order valence-electron chi connectivity index (χ1n) is 6.94. The summed E-state index contributed by atoms with van der Waals surface area (Å²) in [6, 6.07) is 19.5. The van der Waals surface area contributed by atoms with Gasteiger partial charge in [0, 0.05) is 5.70 Å². The van der Waals surface area contributed by atoms with E-state index in [-0.39, 0.29) is 11.8 Å². The highest BCUT2D eigenvalue weighted by molar-refractivity contribution is 5.88. The van der Waals surface area contributed by atoms with Crippen molar-refractivity contribution in [2.45, 2.75) is 12.8 Å². The summed E-state index contributed by atoms with van der Waals surface area (Å²) in [6.07, 6.45) is 3.63. The van der Waals surface area contributed by atoms with Gasteiger partial charge in [-0.2, -0.15) is 0 Å². The maximum atomic E-state index is 12.6. The molecular weight excluding hydrogens is 258 g/mol. The van der Waals surface area contributed by atoms with E-state index in [9.17, 15) is 4.79 Å². The Morgan fingerprint density at radius 3 is 1.90 bits per heavy atom. The van der Waals surface area contributed by atoms with Crippen LogP contribution in [0.25, 0.3) is 0 Å². The molecule has 0 aromatic heterocycles. The molecule has 0 saturated heterocycles. The van der Waals surface area contributed by atoms with Crippen LogP contribution in [0.15, 0.2) is 85.1 Å². The van der Waals surface area contributed by atoms with Crippen LogP contribution in [0.1, 0.15) is 24.0 Å². The van der Waals surface area contributed by atoms with E-state index in [0.717, 1.165) is 11.1 Å². The number of benzene rings is 2. The van der Waals surface area contributed by atoms with E-state index >= 15 is 0 Å². The smallest absolute Gasteiger partial charge is 0.236 e. The summed E-state index contributed by atoms with van der Waals surface area (Å²) in [5.41, 5.74) is 2.53. The Morgan fingerprint density at radius 1 is 1.00 bits per heavy atom. The molecule has 0 saturated carbocycles. The minimum Gasteiger partial charge on any atom is -0.326 e. The van der Waals surface area contributed by atoms with E-state index in [1.807, 2.05) is 73.7 Å². The Morgan fingerprint density at radius 2 is 1.48 bits per heavy atom. The van der Waals surface area contributed by atoms with Crippen molar-refractivity contribution in [3.63, 3.8) is 0 Å². The fraction of sp³-hybridized carbons (Fsp3) is 0.105. The molecule has 2 aromatic rings. The van der Waals surface area contributed by atoms with Crippen molar-refractivity contribution in [2.75, 3.05) is 0 Å². The second kappa shape index (κ2) is 7.25. The van der Waals surface area contributed by atoms with Crippen molar-refractivity contribution < 1.29 is 4.79 Å². The predicted molar refractivity (Wildman–Crippen MR) is 86.8 cm³/mol. The molecular formula is C19H19NO. The summed E-state index contributed by atoms with van der Waals surface area (Å²) in [6.45, 7) is 5.73. The minimum absolute atomic E-state index is 0.0736. The van der Waals surface area contributed by atoms with E-state index in [1.165, 1.54) is 0 Å². The van der Waals surface area contributed by atoms with Crippen LogP contribution < -0.4 is 5.32 Å². The minimum atomic E-state index is -0.339. The number of hydrogen-bond donors (Lipinski definition) is 1. The molecule has 2 rings (SSSR count). The molecule has 1 amide bonds. The van der Waals surface area contributed by atoms with Crippen LogP contribution in [0, 0.1) is 0 Å². The van der Waals surface area contributed by atoms with Crippen LogP contribution in [0.2, 0.25) is 0 Å². The van der Waals surface area contributed by atoms with E-state index in [2.05, 4.69) is 11.9 Å². The molecule has 0 spiro atoms. The van der Waals surface area contributed by atoms with Crippen LogP contribution in [0.3, 0.4) is 0 Å². The fourth-order valence-corrected chi connectivity index (χ4v) is 2.26. The van der Waals surface area contributed by atoms with Gasteiger partial charge < -0.3 is 5.32 Å². The average Bonchev–Trinajstić information content (AvgIpc) is 2.50. The summed E-state index contributed by atoms with van der Waals surface area (Å²) in [5, 5.41) is 2.86. The van der Waals surface area contributed by atoms with E-state index < -0.39 is 0 Å². The maximum Gasteiger partial charge on any atom is 0.236 e. The van der Waals surface area contributed by atoms with Crippen molar-refractivity contribution >= 4 is 5.91 Å². The number of allylic oxidation sites excluding steroid dienone is 2. The van der Waals surface area contributed by atoms with Gasteiger partial charge in [-0.15, -0.1) is 0 Å². The summed E-state index contributed by atoms with van der Waals surface area (Å²) >= 11 is 0. The SMILES string of the molecule is C=C(/C=C\C)NC(=O)C(c1ccccc1)c1ccccc1. The first kappa shape index (κ1) is 14.8. The molecule has 0 bridgehead atoms. The standard InChI is InChI=1S/C19H19NO/c1-3-10-15(2)20-19(21)18(16-11-6-4-7-12-16)17-13-8-5-9-14-17/h3-14,18H,2H2,1H3,(H,20,21)/b10-3-. The van der Waals surface area contributed by atoms with Crippen LogP contribution in [-0.2, 0) is 4.79 Å². The number of amides is 1. The highest BCUT2D eigenvalue weighted by Gasteiger charge is 2.22. The molecule has 0 aliphatic rings. The van der Waals surface area contributed by atoms with Crippen molar-refractivity contribution in [1.82, 2.24) is 5.32 Å². The van der Waals surface area contributed by atoms with Crippen molar-refractivity contribution in [3.05, 3.63) is 96.2 Å². The molecule has 0 heterocycles. The van der Waals surface area contributed by atoms with Gasteiger partial charge in [-0.3, -0.25) is 4.79 Å². The van der Waals surface area contributed by atoms with Gasteiger partial charge in [-0.25, -0.2) is 0 Å². The normalized spacial score (nSPS) is 10.8. The quantitative estimate of drug-likeness (QED) is 0.822. The molecule has 0 fully saturated rings. The van der Waals surface area contributed by atoms with Gasteiger partial charge in [0.05, 0.1) is 5.92 Å². The molecule has 21 heavy (non-hydrogen) atoms. The highest BCUT2D eigenvalue weighted by atomic mass is 16.1. The van der Waals surface area contributed by atoms with Crippen molar-refractivity contribution in [1.29, 1.82) is 0 Å². The second-order valence-corrected chi connectivity index (χ2v) is 4.77. The Labute approximate surface area is 125 Å². The maximum absolute atomic E-state index is 12.6. The van der Waals surface area contributed by atoms with Gasteiger partial charge in [0.2, 0.25) is 5.91 Å². The van der Waals surface area contributed by atoms with E-state index in [4.69, 9.17) is 0 Å². The van der Waals surface area contributed by atoms with Gasteiger partial charge in [-0.1, -0.05) is 73.3 Å². The lowest BCUT2D eigenvalue weighted by molar-refractivity contribution is -0.120. The third-order valence-corrected chi connectivity index (χ3v) is 3.18. The molecule has 0 aliphatic heterocycles. The largest absolute Gasteiger partial charge is 0.326 e. The Hall–Kier alpha value is -2.61. The first-order valence-corrected chi connectivity index (χ1v) is 6.94. The molecule has 0 atom stereocenters. The zero-order valence-electron chi connectivity index (χ0n) is 12.1. The molecule has 106 valence electrons. The molecule has 0 unspecified atom stereocenters. The molecule has 0 aliphatic carbocycles. The first-order chi connectivity index (χ1) is 10.2. The topological polar surface area (TPSA) is 29.1 Å². The molecule has 2 nitrogen and oxygen atoms in total. The van der Waals surface area contributed by atoms with Gasteiger partial charge >= 0.3 is 0 Å². The van der Waals surface area contributed by atoms with Crippen LogP contribution in [0.5, 0.6) is 0 Å². The Bertz CT molecular complexity index is 590. The lowest BCUT2D eigenvalue weighted by Crippen LogP contribution is -2.28. The van der Waals surface area contributed by atoms with Gasteiger partial charge in [0.25, 0.3) is 0 Å². The fourth-order valence-electron chi connectivity index (χ4n) is 2.26. The summed E-state index contributed by atoms with van der Waals surface area (Å²) < 4.78 is 0. The van der Waals surface area contributed by atoms with E-state index in [1.54, 1.807) is 6.08 Å². The van der Waals surface area contributed by atoms with Gasteiger partial charge in [-0.05, 0) is 24.1 Å². The summed E-state index contributed by atoms with van der Waals surface area (Å²) in [5.74, 6) is -0.412. The third-order valence-electron chi connectivity index (χ3n) is 3.18. The van der Waals surface area contributed by atoms with Gasteiger partial charge in [0.1, 0.15) is 0 Å². The number of carbonyl (C=O) groups excluding carboxylic acids is 1. The zero-order valence-corrected chi connectivity index (χ0v) is 12.1. The zero-order chi connectivity index (χ0) is 15.1. The van der Waals surface area contributed by atoms with Crippen LogP contribution in [-0.4, -0.2) is 5.91 Å². The molecule has 2 aromatic carbocycles. The average molecular weight is 277 g/mol. The van der Waals surface area contributed by atoms with Crippen LogP contribution in [0.4, 0.5) is 0 Å². The Kier molecular flexibility index (Phi) is 5.10. The molecule has 0 radical (unpaired) electrons. The van der Waals surface area contributed by atoms with Crippen molar-refractivity contribution in [2.24, 2.45) is 0 Å². The predicted octanol–water partition coefficient (Wildman–Crippen LogP) is 4.02. The summed E-state index contributed by atoms with van der Waals surface area (Å²) in [4.78, 5) is 12.6. The molecule has 2 heteroatoms.